The zero-order valence-corrected chi connectivity index (χ0v) is 20.8. The fourth-order valence-electron chi connectivity index (χ4n) is 2.89. The Labute approximate surface area is 206 Å². The largest absolute Gasteiger partial charge is 0.449 e. The molecule has 0 atom stereocenters. The molecular formula is C26H35N3O6. The highest BCUT2D eigenvalue weighted by atomic mass is 16.6. The maximum atomic E-state index is 12.1. The van der Waals surface area contributed by atoms with E-state index in [0.717, 1.165) is 16.7 Å². The minimum atomic E-state index is -0.573. The molecule has 0 aliphatic carbocycles. The molecule has 0 saturated heterocycles. The number of rotatable bonds is 11. The summed E-state index contributed by atoms with van der Waals surface area (Å²) < 4.78 is 15.6. The molecule has 0 saturated carbocycles. The van der Waals surface area contributed by atoms with Gasteiger partial charge in [0.2, 0.25) is 0 Å². The maximum Gasteiger partial charge on any atom is 0.407 e. The second kappa shape index (κ2) is 13.8. The highest BCUT2D eigenvalue weighted by Crippen LogP contribution is 2.16. The van der Waals surface area contributed by atoms with Crippen LogP contribution in [0.2, 0.25) is 0 Å². The highest BCUT2D eigenvalue weighted by molar-refractivity contribution is 5.68. The summed E-state index contributed by atoms with van der Waals surface area (Å²) >= 11 is 0. The summed E-state index contributed by atoms with van der Waals surface area (Å²) in [4.78, 5) is 35.7. The summed E-state index contributed by atoms with van der Waals surface area (Å²) in [7, 11) is 0. The standard InChI is InChI=1S/C26H35N3O6/c1-19(2)35-25(32)29-16-22-12-8-11-21(13-22)15-28-24(31)34-18-26(3,4)17-33-23(30)27-14-20-9-6-5-7-10-20/h5-13,19H,14-18H2,1-4H3,(H,27,30)(H,28,31)(H,29,32). The lowest BCUT2D eigenvalue weighted by atomic mass is 9.96. The van der Waals surface area contributed by atoms with Gasteiger partial charge >= 0.3 is 18.3 Å². The Morgan fingerprint density at radius 3 is 1.69 bits per heavy atom. The Morgan fingerprint density at radius 1 is 0.714 bits per heavy atom. The molecular weight excluding hydrogens is 450 g/mol. The van der Waals surface area contributed by atoms with Gasteiger partial charge in [-0.3, -0.25) is 0 Å². The average molecular weight is 486 g/mol. The van der Waals surface area contributed by atoms with Crippen LogP contribution in [-0.2, 0) is 33.8 Å². The van der Waals surface area contributed by atoms with E-state index in [1.807, 2.05) is 68.4 Å². The van der Waals surface area contributed by atoms with Gasteiger partial charge in [-0.05, 0) is 30.5 Å². The summed E-state index contributed by atoms with van der Waals surface area (Å²) in [5, 5.41) is 8.07. The van der Waals surface area contributed by atoms with E-state index in [1.165, 1.54) is 0 Å². The van der Waals surface area contributed by atoms with Crippen LogP contribution in [0.25, 0.3) is 0 Å². The van der Waals surface area contributed by atoms with Crippen LogP contribution >= 0.6 is 0 Å². The van der Waals surface area contributed by atoms with Crippen molar-refractivity contribution in [3.8, 4) is 0 Å². The fourth-order valence-corrected chi connectivity index (χ4v) is 2.89. The van der Waals surface area contributed by atoms with Crippen molar-refractivity contribution in [2.24, 2.45) is 5.41 Å². The molecule has 9 heteroatoms. The van der Waals surface area contributed by atoms with E-state index in [0.29, 0.717) is 13.1 Å². The number of carbonyl (C=O) groups excluding carboxylic acids is 3. The predicted octanol–water partition coefficient (Wildman–Crippen LogP) is 4.50. The average Bonchev–Trinajstić information content (AvgIpc) is 2.83. The van der Waals surface area contributed by atoms with Crippen LogP contribution in [0.5, 0.6) is 0 Å². The number of benzene rings is 2. The van der Waals surface area contributed by atoms with Crippen LogP contribution in [-0.4, -0.2) is 37.6 Å². The Morgan fingerprint density at radius 2 is 1.17 bits per heavy atom. The number of carbonyl (C=O) groups is 3. The normalized spacial score (nSPS) is 10.9. The molecule has 0 aromatic heterocycles. The fraction of sp³-hybridized carbons (Fsp3) is 0.423. The third-order valence-corrected chi connectivity index (χ3v) is 4.68. The maximum absolute atomic E-state index is 12.1. The SMILES string of the molecule is CC(C)OC(=O)NCc1cccc(CNC(=O)OCC(C)(C)COC(=O)NCc2ccccc2)c1. The van der Waals surface area contributed by atoms with Gasteiger partial charge in [0.25, 0.3) is 0 Å². The van der Waals surface area contributed by atoms with Gasteiger partial charge in [-0.25, -0.2) is 14.4 Å². The zero-order valence-electron chi connectivity index (χ0n) is 20.8. The third kappa shape index (κ3) is 11.8. The molecule has 0 radical (unpaired) electrons. The summed E-state index contributed by atoms with van der Waals surface area (Å²) in [5.41, 5.74) is 2.15. The number of alkyl carbamates (subject to hydrolysis) is 3. The molecule has 0 fully saturated rings. The van der Waals surface area contributed by atoms with Gasteiger partial charge in [0.15, 0.2) is 0 Å². The van der Waals surface area contributed by atoms with Crippen molar-refractivity contribution in [3.05, 3.63) is 71.3 Å². The first kappa shape index (κ1) is 27.5. The molecule has 0 heterocycles. The summed E-state index contributed by atoms with van der Waals surface area (Å²) in [6.45, 7) is 8.36. The number of nitrogens with one attached hydrogen (secondary N) is 3. The van der Waals surface area contributed by atoms with E-state index in [2.05, 4.69) is 16.0 Å². The molecule has 2 aromatic rings. The summed E-state index contributed by atoms with van der Waals surface area (Å²) in [6.07, 6.45) is -1.77. The molecule has 0 spiro atoms. The van der Waals surface area contributed by atoms with Crippen LogP contribution in [0, 0.1) is 5.41 Å². The Hall–Kier alpha value is -3.75. The molecule has 2 aromatic carbocycles. The lowest BCUT2D eigenvalue weighted by Crippen LogP contribution is -2.34. The number of hydrogen-bond donors (Lipinski definition) is 3. The van der Waals surface area contributed by atoms with Crippen molar-refractivity contribution in [3.63, 3.8) is 0 Å². The lowest BCUT2D eigenvalue weighted by molar-refractivity contribution is 0.0463. The van der Waals surface area contributed by atoms with E-state index in [4.69, 9.17) is 14.2 Å². The van der Waals surface area contributed by atoms with E-state index in [9.17, 15) is 14.4 Å². The first-order valence-corrected chi connectivity index (χ1v) is 11.5. The van der Waals surface area contributed by atoms with Gasteiger partial charge in [0, 0.05) is 25.0 Å². The first-order valence-electron chi connectivity index (χ1n) is 11.5. The van der Waals surface area contributed by atoms with Gasteiger partial charge < -0.3 is 30.2 Å². The van der Waals surface area contributed by atoms with Crippen LogP contribution in [0.15, 0.2) is 54.6 Å². The molecule has 3 N–H and O–H groups in total. The third-order valence-electron chi connectivity index (χ3n) is 4.68. The molecule has 3 amide bonds. The van der Waals surface area contributed by atoms with Crippen molar-refractivity contribution >= 4 is 18.3 Å². The smallest absolute Gasteiger partial charge is 0.407 e. The zero-order chi connectivity index (χ0) is 25.7. The summed E-state index contributed by atoms with van der Waals surface area (Å²) in [5.74, 6) is 0. The lowest BCUT2D eigenvalue weighted by Gasteiger charge is -2.23. The molecule has 9 nitrogen and oxygen atoms in total. The van der Waals surface area contributed by atoms with E-state index < -0.39 is 23.7 Å². The molecule has 0 aliphatic heterocycles. The van der Waals surface area contributed by atoms with Crippen molar-refractivity contribution < 1.29 is 28.6 Å². The minimum absolute atomic E-state index is 0.0761. The second-order valence-electron chi connectivity index (χ2n) is 9.14. The number of amides is 3. The van der Waals surface area contributed by atoms with Gasteiger partial charge in [-0.1, -0.05) is 68.4 Å². The molecule has 35 heavy (non-hydrogen) atoms. The topological polar surface area (TPSA) is 115 Å². The van der Waals surface area contributed by atoms with Crippen LogP contribution in [0.3, 0.4) is 0 Å². The van der Waals surface area contributed by atoms with Crippen LogP contribution in [0.4, 0.5) is 14.4 Å². The minimum Gasteiger partial charge on any atom is -0.449 e. The van der Waals surface area contributed by atoms with Crippen molar-refractivity contribution in [2.75, 3.05) is 13.2 Å². The molecule has 0 aliphatic rings. The van der Waals surface area contributed by atoms with Gasteiger partial charge in [0.05, 0.1) is 6.10 Å². The molecule has 0 unspecified atom stereocenters. The van der Waals surface area contributed by atoms with Crippen LogP contribution in [0.1, 0.15) is 44.4 Å². The Kier molecular flexibility index (Phi) is 10.9. The number of hydrogen-bond acceptors (Lipinski definition) is 6. The van der Waals surface area contributed by atoms with Gasteiger partial charge in [-0.15, -0.1) is 0 Å². The quantitative estimate of drug-likeness (QED) is 0.404. The van der Waals surface area contributed by atoms with E-state index in [-0.39, 0.29) is 25.9 Å². The monoisotopic (exact) mass is 485 g/mol. The number of ether oxygens (including phenoxy) is 3. The van der Waals surface area contributed by atoms with Gasteiger partial charge in [-0.2, -0.15) is 0 Å². The first-order chi connectivity index (χ1) is 16.6. The molecule has 190 valence electrons. The second-order valence-corrected chi connectivity index (χ2v) is 9.14. The molecule has 0 bridgehead atoms. The summed E-state index contributed by atoms with van der Waals surface area (Å²) in [6, 6.07) is 17.0. The Balaban J connectivity index is 1.67. The van der Waals surface area contributed by atoms with Crippen molar-refractivity contribution in [1.82, 2.24) is 16.0 Å². The van der Waals surface area contributed by atoms with Crippen molar-refractivity contribution in [1.29, 1.82) is 0 Å². The molecule has 2 rings (SSSR count). The van der Waals surface area contributed by atoms with E-state index >= 15 is 0 Å². The predicted molar refractivity (Wildman–Crippen MR) is 131 cm³/mol. The highest BCUT2D eigenvalue weighted by Gasteiger charge is 2.23. The van der Waals surface area contributed by atoms with E-state index in [1.54, 1.807) is 13.8 Å². The Bertz CT molecular complexity index is 963. The van der Waals surface area contributed by atoms with Crippen LogP contribution < -0.4 is 16.0 Å². The van der Waals surface area contributed by atoms with Gasteiger partial charge in [0.1, 0.15) is 13.2 Å². The van der Waals surface area contributed by atoms with Crippen molar-refractivity contribution in [2.45, 2.75) is 53.4 Å².